The number of carbonyl (C=O) groups excluding carboxylic acids is 2. The Hall–Kier alpha value is -1.99. The average Bonchev–Trinajstić information content (AvgIpc) is 3.50. The summed E-state index contributed by atoms with van der Waals surface area (Å²) in [6, 6.07) is 4.76. The smallest absolute Gasteiger partial charge is 0.251 e. The summed E-state index contributed by atoms with van der Waals surface area (Å²) in [5, 5.41) is 3.01. The summed E-state index contributed by atoms with van der Waals surface area (Å²) in [7, 11) is 0. The van der Waals surface area contributed by atoms with Crippen molar-refractivity contribution in [2.45, 2.75) is 51.1 Å². The Morgan fingerprint density at radius 1 is 1.13 bits per heavy atom. The molecule has 1 aromatic carbocycles. The van der Waals surface area contributed by atoms with Crippen LogP contribution in [-0.4, -0.2) is 73.1 Å². The highest BCUT2D eigenvalue weighted by molar-refractivity contribution is 5.95. The van der Waals surface area contributed by atoms with Crippen LogP contribution in [0.4, 0.5) is 4.39 Å². The van der Waals surface area contributed by atoms with E-state index in [0.717, 1.165) is 24.9 Å². The number of benzene rings is 1. The minimum atomic E-state index is -0.399. The van der Waals surface area contributed by atoms with Gasteiger partial charge in [0, 0.05) is 50.2 Å². The van der Waals surface area contributed by atoms with Crippen LogP contribution in [0.1, 0.15) is 48.0 Å². The highest BCUT2D eigenvalue weighted by Crippen LogP contribution is 2.35. The van der Waals surface area contributed by atoms with Crippen LogP contribution < -0.4 is 5.32 Å². The minimum absolute atomic E-state index is 0.212. The van der Waals surface area contributed by atoms with Crippen molar-refractivity contribution in [1.29, 1.82) is 0 Å². The van der Waals surface area contributed by atoms with Crippen LogP contribution in [0, 0.1) is 18.7 Å². The number of hydrogen-bond donors (Lipinski definition) is 1. The Balaban J connectivity index is 1.35. The molecule has 6 nitrogen and oxygen atoms in total. The predicted octanol–water partition coefficient (Wildman–Crippen LogP) is 2.36. The predicted molar refractivity (Wildman–Crippen MR) is 112 cm³/mol. The van der Waals surface area contributed by atoms with E-state index < -0.39 is 5.82 Å². The average molecular weight is 418 g/mol. The summed E-state index contributed by atoms with van der Waals surface area (Å²) >= 11 is 0. The van der Waals surface area contributed by atoms with Crippen LogP contribution >= 0.6 is 0 Å². The molecule has 3 fully saturated rings. The number of nitrogens with zero attached hydrogens (tertiary/aromatic N) is 2. The van der Waals surface area contributed by atoms with E-state index in [9.17, 15) is 14.0 Å². The van der Waals surface area contributed by atoms with Crippen molar-refractivity contribution >= 4 is 11.8 Å². The molecule has 7 heteroatoms. The van der Waals surface area contributed by atoms with Crippen molar-refractivity contribution in [2.24, 2.45) is 5.92 Å². The highest BCUT2D eigenvalue weighted by Gasteiger charge is 2.38. The Bertz CT molecular complexity index is 777. The molecule has 0 bridgehead atoms. The minimum Gasteiger partial charge on any atom is -0.378 e. The Labute approximate surface area is 177 Å². The molecule has 30 heavy (non-hydrogen) atoms. The SMILES string of the molecule is Cc1ccc(F)cc1C(=O)NC[C@@H]1CC[C@H](CC(=O)N2CCOCC2)N1CC1CC1. The maximum absolute atomic E-state index is 13.6. The van der Waals surface area contributed by atoms with Gasteiger partial charge in [-0.1, -0.05) is 6.07 Å². The molecule has 0 aromatic heterocycles. The van der Waals surface area contributed by atoms with Crippen molar-refractivity contribution in [2.75, 3.05) is 39.4 Å². The molecule has 2 heterocycles. The van der Waals surface area contributed by atoms with Gasteiger partial charge in [0.1, 0.15) is 5.82 Å². The number of nitrogens with one attached hydrogen (secondary N) is 1. The van der Waals surface area contributed by atoms with E-state index in [1.165, 1.54) is 25.0 Å². The van der Waals surface area contributed by atoms with Crippen molar-refractivity contribution in [3.63, 3.8) is 0 Å². The lowest BCUT2D eigenvalue weighted by Gasteiger charge is -2.33. The normalized spacial score (nSPS) is 24.8. The third kappa shape index (κ3) is 5.19. The van der Waals surface area contributed by atoms with Gasteiger partial charge < -0.3 is 15.0 Å². The van der Waals surface area contributed by atoms with Crippen LogP contribution in [0.25, 0.3) is 0 Å². The lowest BCUT2D eigenvalue weighted by molar-refractivity contribution is -0.136. The summed E-state index contributed by atoms with van der Waals surface area (Å²) < 4.78 is 18.9. The van der Waals surface area contributed by atoms with Crippen LogP contribution in [0.2, 0.25) is 0 Å². The molecule has 1 N–H and O–H groups in total. The van der Waals surface area contributed by atoms with E-state index in [2.05, 4.69) is 10.2 Å². The summed E-state index contributed by atoms with van der Waals surface area (Å²) in [5.41, 5.74) is 1.16. The molecule has 0 unspecified atom stereocenters. The first-order valence-corrected chi connectivity index (χ1v) is 11.2. The maximum atomic E-state index is 13.6. The molecule has 0 radical (unpaired) electrons. The largest absolute Gasteiger partial charge is 0.378 e. The van der Waals surface area contributed by atoms with E-state index in [1.807, 2.05) is 11.8 Å². The quantitative estimate of drug-likeness (QED) is 0.740. The number of amides is 2. The Kier molecular flexibility index (Phi) is 6.68. The van der Waals surface area contributed by atoms with Crippen LogP contribution in [-0.2, 0) is 9.53 Å². The van der Waals surface area contributed by atoms with Gasteiger partial charge in [0.15, 0.2) is 0 Å². The Morgan fingerprint density at radius 3 is 2.60 bits per heavy atom. The fraction of sp³-hybridized carbons (Fsp3) is 0.652. The van der Waals surface area contributed by atoms with Gasteiger partial charge in [0.2, 0.25) is 5.91 Å². The molecular weight excluding hydrogens is 385 g/mol. The summed E-state index contributed by atoms with van der Waals surface area (Å²) in [5.74, 6) is 0.298. The molecule has 4 rings (SSSR count). The van der Waals surface area contributed by atoms with Gasteiger partial charge in [-0.2, -0.15) is 0 Å². The summed E-state index contributed by atoms with van der Waals surface area (Å²) in [6.07, 6.45) is 4.99. The number of halogens is 1. The molecule has 2 atom stereocenters. The molecular formula is C23H32FN3O3. The van der Waals surface area contributed by atoms with Gasteiger partial charge in [-0.05, 0) is 56.2 Å². The van der Waals surface area contributed by atoms with E-state index in [4.69, 9.17) is 4.74 Å². The molecule has 0 spiro atoms. The number of aryl methyl sites for hydroxylation is 1. The second-order valence-corrected chi connectivity index (χ2v) is 8.89. The van der Waals surface area contributed by atoms with Gasteiger partial charge in [0.05, 0.1) is 13.2 Å². The van der Waals surface area contributed by atoms with E-state index >= 15 is 0 Å². The summed E-state index contributed by atoms with van der Waals surface area (Å²) in [4.78, 5) is 29.7. The number of likely N-dealkylation sites (tertiary alicyclic amines) is 1. The third-order valence-electron chi connectivity index (χ3n) is 6.65. The zero-order chi connectivity index (χ0) is 21.1. The number of rotatable bonds is 7. The number of hydrogen-bond acceptors (Lipinski definition) is 4. The van der Waals surface area contributed by atoms with Gasteiger partial charge in [-0.25, -0.2) is 4.39 Å². The number of carbonyl (C=O) groups is 2. The number of morpholine rings is 1. The number of ether oxygens (including phenoxy) is 1. The topological polar surface area (TPSA) is 61.9 Å². The maximum Gasteiger partial charge on any atom is 0.251 e. The lowest BCUT2D eigenvalue weighted by atomic mass is 10.1. The second kappa shape index (κ2) is 9.43. The monoisotopic (exact) mass is 417 g/mol. The lowest BCUT2D eigenvalue weighted by Crippen LogP contribution is -2.47. The molecule has 2 aliphatic heterocycles. The van der Waals surface area contributed by atoms with Crippen LogP contribution in [0.3, 0.4) is 0 Å². The third-order valence-corrected chi connectivity index (χ3v) is 6.65. The van der Waals surface area contributed by atoms with Crippen molar-refractivity contribution in [3.05, 3.63) is 35.1 Å². The Morgan fingerprint density at radius 2 is 1.87 bits per heavy atom. The fourth-order valence-corrected chi connectivity index (χ4v) is 4.64. The molecule has 2 saturated heterocycles. The van der Waals surface area contributed by atoms with E-state index in [-0.39, 0.29) is 23.9 Å². The van der Waals surface area contributed by atoms with Gasteiger partial charge in [-0.15, -0.1) is 0 Å². The van der Waals surface area contributed by atoms with Gasteiger partial charge in [-0.3, -0.25) is 14.5 Å². The van der Waals surface area contributed by atoms with Crippen LogP contribution in [0.15, 0.2) is 18.2 Å². The molecule has 3 aliphatic rings. The van der Waals surface area contributed by atoms with Crippen LogP contribution in [0.5, 0.6) is 0 Å². The van der Waals surface area contributed by atoms with E-state index in [0.29, 0.717) is 50.8 Å². The standard InChI is InChI=1S/C23H32FN3O3/c1-16-2-5-18(24)12-21(16)23(29)25-14-20-7-6-19(27(20)15-17-3-4-17)13-22(28)26-8-10-30-11-9-26/h2,5,12,17,19-20H,3-4,6-11,13-15H2,1H3,(H,25,29)/t19-,20+/m1/s1. The molecule has 1 aromatic rings. The zero-order valence-corrected chi connectivity index (χ0v) is 17.7. The summed E-state index contributed by atoms with van der Waals surface area (Å²) in [6.45, 7) is 5.95. The van der Waals surface area contributed by atoms with E-state index in [1.54, 1.807) is 6.07 Å². The fourth-order valence-electron chi connectivity index (χ4n) is 4.64. The van der Waals surface area contributed by atoms with Crippen molar-refractivity contribution in [3.8, 4) is 0 Å². The second-order valence-electron chi connectivity index (χ2n) is 8.89. The first-order chi connectivity index (χ1) is 14.5. The van der Waals surface area contributed by atoms with Crippen molar-refractivity contribution in [1.82, 2.24) is 15.1 Å². The molecule has 2 amide bonds. The molecule has 164 valence electrons. The first kappa shape index (κ1) is 21.2. The molecule has 1 saturated carbocycles. The highest BCUT2D eigenvalue weighted by atomic mass is 19.1. The van der Waals surface area contributed by atoms with Crippen molar-refractivity contribution < 1.29 is 18.7 Å². The molecule has 1 aliphatic carbocycles. The van der Waals surface area contributed by atoms with Gasteiger partial charge >= 0.3 is 0 Å². The zero-order valence-electron chi connectivity index (χ0n) is 17.7. The first-order valence-electron chi connectivity index (χ1n) is 11.2. The van der Waals surface area contributed by atoms with Gasteiger partial charge in [0.25, 0.3) is 5.91 Å².